The minimum Gasteiger partial charge on any atom is -0.457 e. The summed E-state index contributed by atoms with van der Waals surface area (Å²) < 4.78 is 11.0. The van der Waals surface area contributed by atoms with Gasteiger partial charge < -0.3 is 14.5 Å². The van der Waals surface area contributed by atoms with Gasteiger partial charge in [0, 0.05) is 30.9 Å². The molecule has 0 unspecified atom stereocenters. The van der Waals surface area contributed by atoms with Crippen molar-refractivity contribution in [2.24, 2.45) is 0 Å². The third-order valence-corrected chi connectivity index (χ3v) is 4.54. The molecule has 1 aromatic carbocycles. The molecule has 3 rings (SSSR count). The van der Waals surface area contributed by atoms with E-state index in [1.165, 1.54) is 18.2 Å². The minimum absolute atomic E-state index is 0.0232. The number of nitro benzene ring substituents is 1. The van der Waals surface area contributed by atoms with Crippen LogP contribution in [0.2, 0.25) is 5.02 Å². The Hall–Kier alpha value is -3.15. The van der Waals surface area contributed by atoms with Gasteiger partial charge >= 0.3 is 0 Å². The number of amides is 1. The van der Waals surface area contributed by atoms with Gasteiger partial charge in [0.25, 0.3) is 11.6 Å². The average molecular weight is 402 g/mol. The Balaban J connectivity index is 1.74. The molecule has 9 heteroatoms. The van der Waals surface area contributed by atoms with Crippen molar-refractivity contribution >= 4 is 29.3 Å². The Bertz CT molecular complexity index is 970. The highest BCUT2D eigenvalue weighted by molar-refractivity contribution is 6.32. The number of hydrogen-bond acceptors (Lipinski definition) is 6. The van der Waals surface area contributed by atoms with E-state index in [0.717, 1.165) is 12.8 Å². The quantitative estimate of drug-likeness (QED) is 0.341. The van der Waals surface area contributed by atoms with Crippen LogP contribution in [0.1, 0.15) is 18.6 Å². The van der Waals surface area contributed by atoms with Crippen LogP contribution in [-0.4, -0.2) is 30.1 Å². The first kappa shape index (κ1) is 19.6. The standard InChI is InChI=1S/C19H16ClN3O5/c20-16-5-3-12(9-17(16)23(25)26)18-6-4-14(28-18)8-13(10-21)19(24)22-11-15-2-1-7-27-15/h3-6,8-9,15H,1-2,7,11H2,(H,22,24)/b13-8+/t15-/m1/s1. The Morgan fingerprint density at radius 2 is 2.25 bits per heavy atom. The third-order valence-electron chi connectivity index (χ3n) is 4.22. The minimum atomic E-state index is -0.582. The fourth-order valence-corrected chi connectivity index (χ4v) is 2.98. The van der Waals surface area contributed by atoms with Gasteiger partial charge in [-0.1, -0.05) is 11.6 Å². The fraction of sp³-hybridized carbons (Fsp3) is 0.263. The number of rotatable bonds is 6. The molecule has 2 heterocycles. The van der Waals surface area contributed by atoms with Crippen LogP contribution in [0.15, 0.2) is 40.3 Å². The van der Waals surface area contributed by atoms with Gasteiger partial charge in [-0.05, 0) is 37.1 Å². The molecule has 0 saturated carbocycles. The molecule has 1 N–H and O–H groups in total. The third kappa shape index (κ3) is 4.57. The second kappa shape index (κ2) is 8.69. The number of hydrogen-bond donors (Lipinski definition) is 1. The van der Waals surface area contributed by atoms with Crippen molar-refractivity contribution in [1.29, 1.82) is 5.26 Å². The Morgan fingerprint density at radius 3 is 2.93 bits per heavy atom. The number of nitrogens with one attached hydrogen (secondary N) is 1. The van der Waals surface area contributed by atoms with E-state index in [1.807, 2.05) is 6.07 Å². The van der Waals surface area contributed by atoms with Crippen molar-refractivity contribution in [3.63, 3.8) is 0 Å². The van der Waals surface area contributed by atoms with Crippen LogP contribution in [0.5, 0.6) is 0 Å². The highest BCUT2D eigenvalue weighted by Gasteiger charge is 2.18. The number of halogens is 1. The van der Waals surface area contributed by atoms with Crippen LogP contribution >= 0.6 is 11.6 Å². The fourth-order valence-electron chi connectivity index (χ4n) is 2.79. The number of carbonyl (C=O) groups excluding carboxylic acids is 1. The lowest BCUT2D eigenvalue weighted by molar-refractivity contribution is -0.384. The predicted molar refractivity (Wildman–Crippen MR) is 101 cm³/mol. The molecule has 1 aliphatic heterocycles. The number of nitrogens with zero attached hydrogens (tertiary/aromatic N) is 2. The van der Waals surface area contributed by atoms with Gasteiger partial charge in [-0.3, -0.25) is 14.9 Å². The van der Waals surface area contributed by atoms with Crippen LogP contribution in [-0.2, 0) is 9.53 Å². The van der Waals surface area contributed by atoms with Crippen LogP contribution < -0.4 is 5.32 Å². The molecule has 1 aromatic heterocycles. The summed E-state index contributed by atoms with van der Waals surface area (Å²) >= 11 is 5.81. The van der Waals surface area contributed by atoms with E-state index in [1.54, 1.807) is 18.2 Å². The zero-order chi connectivity index (χ0) is 20.1. The lowest BCUT2D eigenvalue weighted by atomic mass is 10.1. The first-order chi connectivity index (χ1) is 13.5. The normalized spacial score (nSPS) is 16.6. The SMILES string of the molecule is N#C/C(=C\c1ccc(-c2ccc(Cl)c([N+](=O)[O-])c2)o1)C(=O)NC[C@H]1CCCO1. The Labute approximate surface area is 165 Å². The lowest BCUT2D eigenvalue weighted by Crippen LogP contribution is -2.32. The maximum absolute atomic E-state index is 12.2. The smallest absolute Gasteiger partial charge is 0.288 e. The van der Waals surface area contributed by atoms with Crippen molar-refractivity contribution in [3.8, 4) is 17.4 Å². The van der Waals surface area contributed by atoms with Crippen LogP contribution in [0, 0.1) is 21.4 Å². The summed E-state index contributed by atoms with van der Waals surface area (Å²) in [5.74, 6) is 0.109. The number of nitro groups is 1. The first-order valence-corrected chi connectivity index (χ1v) is 8.91. The van der Waals surface area contributed by atoms with Crippen molar-refractivity contribution in [2.75, 3.05) is 13.2 Å². The second-order valence-electron chi connectivity index (χ2n) is 6.14. The van der Waals surface area contributed by atoms with E-state index < -0.39 is 10.8 Å². The zero-order valence-electron chi connectivity index (χ0n) is 14.7. The number of carbonyl (C=O) groups is 1. The molecular weight excluding hydrogens is 386 g/mol. The van der Waals surface area contributed by atoms with Gasteiger partial charge in [0.05, 0.1) is 11.0 Å². The van der Waals surface area contributed by atoms with E-state index in [2.05, 4.69) is 5.32 Å². The predicted octanol–water partition coefficient (Wildman–Crippen LogP) is 3.71. The van der Waals surface area contributed by atoms with Gasteiger partial charge in [-0.15, -0.1) is 0 Å². The summed E-state index contributed by atoms with van der Waals surface area (Å²) in [5, 5.41) is 23.0. The summed E-state index contributed by atoms with van der Waals surface area (Å²) in [7, 11) is 0. The van der Waals surface area contributed by atoms with Crippen molar-refractivity contribution < 1.29 is 18.9 Å². The van der Waals surface area contributed by atoms with Gasteiger partial charge in [0.1, 0.15) is 28.2 Å². The summed E-state index contributed by atoms with van der Waals surface area (Å²) in [6.45, 7) is 1.02. The van der Waals surface area contributed by atoms with Crippen molar-refractivity contribution in [2.45, 2.75) is 18.9 Å². The summed E-state index contributed by atoms with van der Waals surface area (Å²) in [6, 6.07) is 9.31. The summed E-state index contributed by atoms with van der Waals surface area (Å²) in [5.41, 5.74) is 0.108. The average Bonchev–Trinajstić information content (AvgIpc) is 3.36. The maximum Gasteiger partial charge on any atom is 0.288 e. The van der Waals surface area contributed by atoms with Crippen LogP contribution in [0.3, 0.4) is 0 Å². The van der Waals surface area contributed by atoms with Crippen LogP contribution in [0.25, 0.3) is 17.4 Å². The van der Waals surface area contributed by atoms with E-state index in [4.69, 9.17) is 20.8 Å². The number of benzene rings is 1. The summed E-state index contributed by atoms with van der Waals surface area (Å²) in [6.07, 6.45) is 3.12. The van der Waals surface area contributed by atoms with Gasteiger partial charge in [-0.25, -0.2) is 0 Å². The molecule has 1 atom stereocenters. The lowest BCUT2D eigenvalue weighted by Gasteiger charge is -2.09. The monoisotopic (exact) mass is 401 g/mol. The molecule has 28 heavy (non-hydrogen) atoms. The molecule has 1 amide bonds. The molecule has 2 aromatic rings. The molecule has 0 aliphatic carbocycles. The number of ether oxygens (including phenoxy) is 1. The largest absolute Gasteiger partial charge is 0.457 e. The number of nitriles is 1. The van der Waals surface area contributed by atoms with E-state index in [-0.39, 0.29) is 28.1 Å². The highest BCUT2D eigenvalue weighted by Crippen LogP contribution is 2.31. The Morgan fingerprint density at radius 1 is 1.43 bits per heavy atom. The molecular formula is C19H16ClN3O5. The van der Waals surface area contributed by atoms with Crippen molar-refractivity contribution in [1.82, 2.24) is 5.32 Å². The molecule has 0 bridgehead atoms. The molecule has 1 saturated heterocycles. The van der Waals surface area contributed by atoms with E-state index >= 15 is 0 Å². The Kier molecular flexibility index (Phi) is 6.09. The van der Waals surface area contributed by atoms with E-state index in [0.29, 0.717) is 24.5 Å². The van der Waals surface area contributed by atoms with Gasteiger partial charge in [0.2, 0.25) is 0 Å². The van der Waals surface area contributed by atoms with Gasteiger partial charge in [0.15, 0.2) is 0 Å². The zero-order valence-corrected chi connectivity index (χ0v) is 15.4. The highest BCUT2D eigenvalue weighted by atomic mass is 35.5. The second-order valence-corrected chi connectivity index (χ2v) is 6.55. The van der Waals surface area contributed by atoms with Crippen molar-refractivity contribution in [3.05, 3.63) is 56.8 Å². The summed E-state index contributed by atoms with van der Waals surface area (Å²) in [4.78, 5) is 22.6. The van der Waals surface area contributed by atoms with E-state index in [9.17, 15) is 20.2 Å². The molecule has 1 aliphatic rings. The maximum atomic E-state index is 12.2. The molecule has 1 fully saturated rings. The van der Waals surface area contributed by atoms with Crippen LogP contribution in [0.4, 0.5) is 5.69 Å². The first-order valence-electron chi connectivity index (χ1n) is 8.53. The molecule has 8 nitrogen and oxygen atoms in total. The molecule has 144 valence electrons. The molecule has 0 spiro atoms. The molecule has 0 radical (unpaired) electrons. The number of furan rings is 1. The van der Waals surface area contributed by atoms with Gasteiger partial charge in [-0.2, -0.15) is 5.26 Å². The topological polar surface area (TPSA) is 118 Å².